The number of anilines is 1. The van der Waals surface area contributed by atoms with Gasteiger partial charge in [-0.2, -0.15) is 13.2 Å². The summed E-state index contributed by atoms with van der Waals surface area (Å²) >= 11 is 0. The second-order valence-corrected chi connectivity index (χ2v) is 6.43. The van der Waals surface area contributed by atoms with E-state index in [1.165, 1.54) is 30.7 Å². The molecule has 0 saturated heterocycles. The van der Waals surface area contributed by atoms with Crippen LogP contribution in [0.25, 0.3) is 10.9 Å². The second-order valence-electron chi connectivity index (χ2n) is 6.43. The topological polar surface area (TPSA) is 59.8 Å². The van der Waals surface area contributed by atoms with Crippen LogP contribution in [0.5, 0.6) is 0 Å². The number of nitrogens with one attached hydrogen (secondary N) is 1. The van der Waals surface area contributed by atoms with Crippen LogP contribution < -0.4 is 5.32 Å². The van der Waals surface area contributed by atoms with Gasteiger partial charge in [-0.3, -0.25) is 9.78 Å². The lowest BCUT2D eigenvalue weighted by Crippen LogP contribution is -2.13. The Balaban J connectivity index is 1.63. The summed E-state index contributed by atoms with van der Waals surface area (Å²) in [6, 6.07) is 12.5. The Morgan fingerprint density at radius 1 is 1.03 bits per heavy atom. The summed E-state index contributed by atoms with van der Waals surface area (Å²) in [4.78, 5) is 20.3. The first-order valence-electron chi connectivity index (χ1n) is 8.73. The maximum Gasteiger partial charge on any atom is 0.416 e. The van der Waals surface area contributed by atoms with Crippen LogP contribution in [-0.4, -0.2) is 20.4 Å². The third-order valence-electron chi connectivity index (χ3n) is 4.47. The van der Waals surface area contributed by atoms with Gasteiger partial charge in [-0.25, -0.2) is 4.98 Å². The van der Waals surface area contributed by atoms with E-state index in [1.54, 1.807) is 6.20 Å². The normalized spacial score (nSPS) is 11.6. The number of carbonyl (C=O) groups excluding carboxylic acids is 1. The molecule has 2 heterocycles. The lowest BCUT2D eigenvalue weighted by molar-refractivity contribution is -0.137. The van der Waals surface area contributed by atoms with Crippen molar-refractivity contribution in [3.05, 3.63) is 90.1 Å². The van der Waals surface area contributed by atoms with Gasteiger partial charge in [0.15, 0.2) is 0 Å². The van der Waals surface area contributed by atoms with Gasteiger partial charge in [0.25, 0.3) is 5.91 Å². The van der Waals surface area contributed by atoms with Gasteiger partial charge in [0.2, 0.25) is 0 Å². The van der Waals surface area contributed by atoms with Crippen molar-refractivity contribution in [2.45, 2.75) is 12.7 Å². The molecule has 0 fully saturated rings. The molecule has 0 unspecified atom stereocenters. The minimum absolute atomic E-state index is 0.187. The van der Waals surface area contributed by atoms with Crippen molar-refractivity contribution in [3.63, 3.8) is 0 Å². The molecule has 0 aliphatic heterocycles. The largest absolute Gasteiger partial charge is 0.416 e. The number of nitrogens with zero attached hydrogens (tertiary/aromatic N) is 3. The SMILES string of the molecule is O=C(Nc1cn(Cc2ccc(C(F)(F)F)cc2)c2ccccc12)c1cnccn1. The standard InChI is InChI=1S/C21H15F3N4O/c22-21(23,24)15-7-5-14(6-8-15)12-28-13-18(16-3-1-2-4-19(16)28)27-20(29)17-11-25-9-10-26-17/h1-11,13H,12H2,(H,27,29). The van der Waals surface area contributed by atoms with Crippen molar-refractivity contribution in [2.75, 3.05) is 5.32 Å². The van der Waals surface area contributed by atoms with Gasteiger partial charge in [-0.1, -0.05) is 30.3 Å². The molecular weight excluding hydrogens is 381 g/mol. The van der Waals surface area contributed by atoms with E-state index < -0.39 is 17.6 Å². The lowest BCUT2D eigenvalue weighted by atomic mass is 10.1. The molecule has 1 N–H and O–H groups in total. The zero-order valence-electron chi connectivity index (χ0n) is 15.0. The number of hydrogen-bond acceptors (Lipinski definition) is 3. The fourth-order valence-electron chi connectivity index (χ4n) is 3.08. The highest BCUT2D eigenvalue weighted by atomic mass is 19.4. The highest BCUT2D eigenvalue weighted by molar-refractivity contribution is 6.08. The summed E-state index contributed by atoms with van der Waals surface area (Å²) in [5.41, 5.74) is 1.65. The number of halogens is 3. The Morgan fingerprint density at radius 2 is 1.79 bits per heavy atom. The Morgan fingerprint density at radius 3 is 2.48 bits per heavy atom. The van der Waals surface area contributed by atoms with Gasteiger partial charge in [-0.05, 0) is 23.8 Å². The number of amides is 1. The van der Waals surface area contributed by atoms with Crippen LogP contribution in [0.2, 0.25) is 0 Å². The van der Waals surface area contributed by atoms with Crippen molar-refractivity contribution in [3.8, 4) is 0 Å². The van der Waals surface area contributed by atoms with Crippen LogP contribution in [0.3, 0.4) is 0 Å². The van der Waals surface area contributed by atoms with Crippen molar-refractivity contribution < 1.29 is 18.0 Å². The molecule has 0 spiro atoms. The number of aromatic nitrogens is 3. The molecule has 8 heteroatoms. The van der Waals surface area contributed by atoms with E-state index in [9.17, 15) is 18.0 Å². The molecule has 4 aromatic rings. The van der Waals surface area contributed by atoms with E-state index in [2.05, 4.69) is 15.3 Å². The van der Waals surface area contributed by atoms with Gasteiger partial charge in [0.1, 0.15) is 5.69 Å². The quantitative estimate of drug-likeness (QED) is 0.542. The Hall–Kier alpha value is -3.68. The first-order chi connectivity index (χ1) is 13.9. The molecule has 29 heavy (non-hydrogen) atoms. The summed E-state index contributed by atoms with van der Waals surface area (Å²) in [5, 5.41) is 3.64. The van der Waals surface area contributed by atoms with Crippen LogP contribution in [0, 0.1) is 0 Å². The molecule has 0 atom stereocenters. The third-order valence-corrected chi connectivity index (χ3v) is 4.47. The first-order valence-corrected chi connectivity index (χ1v) is 8.73. The summed E-state index contributed by atoms with van der Waals surface area (Å²) in [5.74, 6) is -0.393. The molecule has 1 amide bonds. The van der Waals surface area contributed by atoms with Crippen molar-refractivity contribution in [2.24, 2.45) is 0 Å². The van der Waals surface area contributed by atoms with Gasteiger partial charge in [-0.15, -0.1) is 0 Å². The molecule has 0 radical (unpaired) electrons. The highest BCUT2D eigenvalue weighted by Gasteiger charge is 2.29. The van der Waals surface area contributed by atoms with Crippen LogP contribution in [0.4, 0.5) is 18.9 Å². The number of carbonyl (C=O) groups is 1. The molecule has 0 saturated carbocycles. The number of fused-ring (bicyclic) bond motifs is 1. The molecule has 0 aliphatic carbocycles. The Labute approximate surface area is 163 Å². The molecule has 146 valence electrons. The molecular formula is C21H15F3N4O. The summed E-state index contributed by atoms with van der Waals surface area (Å²) in [6.07, 6.45) is 1.68. The van der Waals surface area contributed by atoms with Crippen molar-refractivity contribution >= 4 is 22.5 Å². The zero-order valence-corrected chi connectivity index (χ0v) is 15.0. The number of rotatable bonds is 4. The van der Waals surface area contributed by atoms with E-state index in [0.717, 1.165) is 23.0 Å². The predicted octanol–water partition coefficient (Wildman–Crippen LogP) is 4.75. The van der Waals surface area contributed by atoms with Gasteiger partial charge >= 0.3 is 6.18 Å². The van der Waals surface area contributed by atoms with E-state index in [1.807, 2.05) is 28.8 Å². The van der Waals surface area contributed by atoms with E-state index >= 15 is 0 Å². The fourth-order valence-corrected chi connectivity index (χ4v) is 3.08. The Bertz CT molecular complexity index is 1150. The van der Waals surface area contributed by atoms with Crippen LogP contribution >= 0.6 is 0 Å². The van der Waals surface area contributed by atoms with Gasteiger partial charge in [0, 0.05) is 30.5 Å². The molecule has 2 aromatic heterocycles. The third kappa shape index (κ3) is 3.96. The fraction of sp³-hybridized carbons (Fsp3) is 0.0952. The number of alkyl halides is 3. The van der Waals surface area contributed by atoms with Crippen molar-refractivity contribution in [1.29, 1.82) is 0 Å². The van der Waals surface area contributed by atoms with Crippen molar-refractivity contribution in [1.82, 2.24) is 14.5 Å². The maximum absolute atomic E-state index is 12.8. The minimum Gasteiger partial charge on any atom is -0.341 e. The number of benzene rings is 2. The smallest absolute Gasteiger partial charge is 0.341 e. The van der Waals surface area contributed by atoms with E-state index in [-0.39, 0.29) is 5.69 Å². The molecule has 0 bridgehead atoms. The first kappa shape index (κ1) is 18.7. The Kier molecular flexibility index (Phi) is 4.75. The van der Waals surface area contributed by atoms with Crippen LogP contribution in [0.15, 0.2) is 73.3 Å². The average molecular weight is 396 g/mol. The van der Waals surface area contributed by atoms with Gasteiger partial charge < -0.3 is 9.88 Å². The molecule has 4 rings (SSSR count). The van der Waals surface area contributed by atoms with Crippen LogP contribution in [-0.2, 0) is 12.7 Å². The molecule has 5 nitrogen and oxygen atoms in total. The summed E-state index contributed by atoms with van der Waals surface area (Å²) < 4.78 is 40.2. The van der Waals surface area contributed by atoms with Crippen LogP contribution in [0.1, 0.15) is 21.6 Å². The highest BCUT2D eigenvalue weighted by Crippen LogP contribution is 2.30. The number of para-hydroxylation sites is 1. The second kappa shape index (κ2) is 7.38. The average Bonchev–Trinajstić information content (AvgIpc) is 3.06. The predicted molar refractivity (Wildman–Crippen MR) is 102 cm³/mol. The summed E-state index contributed by atoms with van der Waals surface area (Å²) in [7, 11) is 0. The molecule has 0 aliphatic rings. The zero-order chi connectivity index (χ0) is 20.4. The van der Waals surface area contributed by atoms with E-state index in [0.29, 0.717) is 17.8 Å². The van der Waals surface area contributed by atoms with E-state index in [4.69, 9.17) is 0 Å². The lowest BCUT2D eigenvalue weighted by Gasteiger charge is -2.09. The molecule has 2 aromatic carbocycles. The monoisotopic (exact) mass is 396 g/mol. The van der Waals surface area contributed by atoms with Gasteiger partial charge in [0.05, 0.1) is 23.0 Å². The minimum atomic E-state index is -4.36. The summed E-state index contributed by atoms with van der Waals surface area (Å²) in [6.45, 7) is 0.361. The maximum atomic E-state index is 12.8. The number of hydrogen-bond donors (Lipinski definition) is 1.